The first-order chi connectivity index (χ1) is 6.59. The molecule has 0 bridgehead atoms. The maximum atomic E-state index is 6.23. The van der Waals surface area contributed by atoms with Crippen molar-refractivity contribution in [3.63, 3.8) is 0 Å². The minimum Gasteiger partial charge on any atom is -0.327 e. The number of nitrogens with two attached hydrogens (primary N) is 1. The van der Waals surface area contributed by atoms with E-state index in [0.29, 0.717) is 6.04 Å². The van der Waals surface area contributed by atoms with Gasteiger partial charge >= 0.3 is 0 Å². The molecule has 1 aliphatic rings. The summed E-state index contributed by atoms with van der Waals surface area (Å²) in [5.74, 6) is 1.69. The standard InChI is InChI=1S/C12H26N2/c1-10-5-4-6-11(9-10)12(13)7-8-14(2)3/h10-12H,4-9,13H2,1-3H3. The summed E-state index contributed by atoms with van der Waals surface area (Å²) in [6.07, 6.45) is 6.68. The number of hydrogen-bond acceptors (Lipinski definition) is 2. The van der Waals surface area contributed by atoms with Crippen molar-refractivity contribution < 1.29 is 0 Å². The molecule has 0 aromatic rings. The molecule has 14 heavy (non-hydrogen) atoms. The van der Waals surface area contributed by atoms with E-state index in [0.717, 1.165) is 24.8 Å². The lowest BCUT2D eigenvalue weighted by Crippen LogP contribution is -2.35. The van der Waals surface area contributed by atoms with Crippen LogP contribution in [0.15, 0.2) is 0 Å². The predicted molar refractivity (Wildman–Crippen MR) is 62.3 cm³/mol. The van der Waals surface area contributed by atoms with Gasteiger partial charge in [0.15, 0.2) is 0 Å². The van der Waals surface area contributed by atoms with Crippen LogP contribution in [-0.2, 0) is 0 Å². The highest BCUT2D eigenvalue weighted by Gasteiger charge is 2.23. The number of rotatable bonds is 4. The molecule has 3 atom stereocenters. The number of hydrogen-bond donors (Lipinski definition) is 1. The molecule has 0 heterocycles. The summed E-state index contributed by atoms with van der Waals surface area (Å²) in [5, 5.41) is 0. The van der Waals surface area contributed by atoms with Gasteiger partial charge in [0.25, 0.3) is 0 Å². The molecule has 0 amide bonds. The fourth-order valence-corrected chi connectivity index (χ4v) is 2.51. The topological polar surface area (TPSA) is 29.3 Å². The highest BCUT2D eigenvalue weighted by Crippen LogP contribution is 2.30. The van der Waals surface area contributed by atoms with E-state index in [4.69, 9.17) is 5.73 Å². The van der Waals surface area contributed by atoms with Crippen molar-refractivity contribution in [3.8, 4) is 0 Å². The van der Waals surface area contributed by atoms with Gasteiger partial charge in [-0.25, -0.2) is 0 Å². The van der Waals surface area contributed by atoms with Crippen molar-refractivity contribution in [3.05, 3.63) is 0 Å². The second kappa shape index (κ2) is 5.72. The SMILES string of the molecule is CC1CCCC(C(N)CCN(C)C)C1. The van der Waals surface area contributed by atoms with Crippen LogP contribution in [-0.4, -0.2) is 31.6 Å². The Balaban J connectivity index is 2.25. The Labute approximate surface area is 88.8 Å². The second-order valence-electron chi connectivity index (χ2n) is 5.29. The van der Waals surface area contributed by atoms with Gasteiger partial charge in [0.05, 0.1) is 0 Å². The molecule has 1 rings (SSSR count). The minimum atomic E-state index is 0.431. The van der Waals surface area contributed by atoms with E-state index in [9.17, 15) is 0 Å². The van der Waals surface area contributed by atoms with Crippen LogP contribution in [0, 0.1) is 11.8 Å². The molecule has 2 heteroatoms. The Kier molecular flexibility index (Phi) is 4.90. The van der Waals surface area contributed by atoms with Crippen molar-refractivity contribution in [1.29, 1.82) is 0 Å². The van der Waals surface area contributed by atoms with Gasteiger partial charge in [0.1, 0.15) is 0 Å². The third-order valence-electron chi connectivity index (χ3n) is 3.49. The summed E-state index contributed by atoms with van der Waals surface area (Å²) in [5.41, 5.74) is 6.23. The lowest BCUT2D eigenvalue weighted by Gasteiger charge is -2.31. The van der Waals surface area contributed by atoms with Gasteiger partial charge in [-0.2, -0.15) is 0 Å². The molecule has 3 unspecified atom stereocenters. The highest BCUT2D eigenvalue weighted by molar-refractivity contribution is 4.79. The Bertz CT molecular complexity index is 156. The Morgan fingerprint density at radius 1 is 1.36 bits per heavy atom. The van der Waals surface area contributed by atoms with E-state index in [1.807, 2.05) is 0 Å². The zero-order chi connectivity index (χ0) is 10.6. The van der Waals surface area contributed by atoms with E-state index in [1.54, 1.807) is 0 Å². The third-order valence-corrected chi connectivity index (χ3v) is 3.49. The van der Waals surface area contributed by atoms with Crippen LogP contribution in [0.4, 0.5) is 0 Å². The molecule has 84 valence electrons. The van der Waals surface area contributed by atoms with E-state index in [2.05, 4.69) is 25.9 Å². The normalized spacial score (nSPS) is 30.6. The quantitative estimate of drug-likeness (QED) is 0.749. The zero-order valence-corrected chi connectivity index (χ0v) is 10.00. The molecule has 1 fully saturated rings. The maximum Gasteiger partial charge on any atom is 0.00794 e. The van der Waals surface area contributed by atoms with Crippen molar-refractivity contribution in [2.45, 2.75) is 45.1 Å². The van der Waals surface area contributed by atoms with Crippen LogP contribution in [0.25, 0.3) is 0 Å². The third kappa shape index (κ3) is 3.97. The Morgan fingerprint density at radius 3 is 2.64 bits per heavy atom. The molecule has 1 saturated carbocycles. The van der Waals surface area contributed by atoms with Crippen LogP contribution in [0.2, 0.25) is 0 Å². The van der Waals surface area contributed by atoms with Crippen LogP contribution in [0.1, 0.15) is 39.0 Å². The molecule has 2 N–H and O–H groups in total. The van der Waals surface area contributed by atoms with Gasteiger partial charge in [-0.3, -0.25) is 0 Å². The molecular formula is C12H26N2. The zero-order valence-electron chi connectivity index (χ0n) is 10.00. The van der Waals surface area contributed by atoms with E-state index >= 15 is 0 Å². The molecule has 0 aromatic heterocycles. The monoisotopic (exact) mass is 198 g/mol. The average molecular weight is 198 g/mol. The molecule has 1 aliphatic carbocycles. The van der Waals surface area contributed by atoms with Crippen molar-refractivity contribution in [1.82, 2.24) is 4.90 Å². The van der Waals surface area contributed by atoms with Crippen molar-refractivity contribution >= 4 is 0 Å². The molecule has 0 spiro atoms. The first-order valence-electron chi connectivity index (χ1n) is 6.00. The van der Waals surface area contributed by atoms with Crippen molar-refractivity contribution in [2.75, 3.05) is 20.6 Å². The summed E-state index contributed by atoms with van der Waals surface area (Å²) in [6, 6.07) is 0.431. The summed E-state index contributed by atoms with van der Waals surface area (Å²) < 4.78 is 0. The summed E-state index contributed by atoms with van der Waals surface area (Å²) >= 11 is 0. The molecule has 0 saturated heterocycles. The lowest BCUT2D eigenvalue weighted by atomic mass is 9.78. The van der Waals surface area contributed by atoms with Crippen LogP contribution >= 0.6 is 0 Å². The fourth-order valence-electron chi connectivity index (χ4n) is 2.51. The summed E-state index contributed by atoms with van der Waals surface area (Å²) in [6.45, 7) is 3.50. The van der Waals surface area contributed by atoms with Gasteiger partial charge in [-0.05, 0) is 51.7 Å². The fraction of sp³-hybridized carbons (Fsp3) is 1.00. The largest absolute Gasteiger partial charge is 0.327 e. The van der Waals surface area contributed by atoms with E-state index in [-0.39, 0.29) is 0 Å². The van der Waals surface area contributed by atoms with Crippen molar-refractivity contribution in [2.24, 2.45) is 17.6 Å². The summed E-state index contributed by atoms with van der Waals surface area (Å²) in [4.78, 5) is 2.23. The van der Waals surface area contributed by atoms with Gasteiger partial charge in [-0.15, -0.1) is 0 Å². The van der Waals surface area contributed by atoms with E-state index in [1.165, 1.54) is 25.7 Å². The molecular weight excluding hydrogens is 172 g/mol. The van der Waals surface area contributed by atoms with Crippen LogP contribution in [0.5, 0.6) is 0 Å². The Hall–Kier alpha value is -0.0800. The van der Waals surface area contributed by atoms with Crippen LogP contribution < -0.4 is 5.73 Å². The molecule has 2 nitrogen and oxygen atoms in total. The van der Waals surface area contributed by atoms with Gasteiger partial charge < -0.3 is 10.6 Å². The van der Waals surface area contributed by atoms with Crippen LogP contribution in [0.3, 0.4) is 0 Å². The smallest absolute Gasteiger partial charge is 0.00794 e. The predicted octanol–water partition coefficient (Wildman–Crippen LogP) is 2.09. The lowest BCUT2D eigenvalue weighted by molar-refractivity contribution is 0.229. The molecule has 0 radical (unpaired) electrons. The Morgan fingerprint density at radius 2 is 2.07 bits per heavy atom. The summed E-state index contributed by atoms with van der Waals surface area (Å²) in [7, 11) is 4.24. The maximum absolute atomic E-state index is 6.23. The highest BCUT2D eigenvalue weighted by atomic mass is 15.0. The minimum absolute atomic E-state index is 0.431. The first kappa shape index (κ1) is 12.0. The molecule has 0 aliphatic heterocycles. The molecule has 0 aromatic carbocycles. The first-order valence-corrected chi connectivity index (χ1v) is 6.00. The van der Waals surface area contributed by atoms with Gasteiger partial charge in [-0.1, -0.05) is 19.8 Å². The second-order valence-corrected chi connectivity index (χ2v) is 5.29. The number of nitrogens with zero attached hydrogens (tertiary/aromatic N) is 1. The van der Waals surface area contributed by atoms with E-state index < -0.39 is 0 Å². The van der Waals surface area contributed by atoms with Gasteiger partial charge in [0.2, 0.25) is 0 Å². The van der Waals surface area contributed by atoms with Gasteiger partial charge in [0, 0.05) is 6.04 Å². The average Bonchev–Trinajstić information content (AvgIpc) is 2.14.